The third-order valence-corrected chi connectivity index (χ3v) is 6.06. The minimum absolute atomic E-state index is 0.0204. The van der Waals surface area contributed by atoms with Gasteiger partial charge in [-0.15, -0.1) is 5.10 Å². The van der Waals surface area contributed by atoms with E-state index in [-0.39, 0.29) is 23.9 Å². The third-order valence-electron chi connectivity index (χ3n) is 6.06. The van der Waals surface area contributed by atoms with Crippen LogP contribution in [0.2, 0.25) is 0 Å². The fraction of sp³-hybridized carbons (Fsp3) is 0.435. The summed E-state index contributed by atoms with van der Waals surface area (Å²) in [5.41, 5.74) is 2.51. The zero-order valence-electron chi connectivity index (χ0n) is 18.5. The van der Waals surface area contributed by atoms with Crippen molar-refractivity contribution >= 4 is 34.7 Å². The van der Waals surface area contributed by atoms with Gasteiger partial charge >= 0.3 is 0 Å². The van der Waals surface area contributed by atoms with Crippen LogP contribution in [0.25, 0.3) is 5.65 Å². The summed E-state index contributed by atoms with van der Waals surface area (Å²) in [6, 6.07) is 6.37. The first-order valence-electron chi connectivity index (χ1n) is 11.5. The van der Waals surface area contributed by atoms with Gasteiger partial charge in [-0.05, 0) is 50.7 Å². The number of hydrogen-bond donors (Lipinski definition) is 4. The minimum Gasteiger partial charge on any atom is -0.379 e. The van der Waals surface area contributed by atoms with E-state index in [1.807, 2.05) is 6.07 Å². The van der Waals surface area contributed by atoms with Gasteiger partial charge in [0.2, 0.25) is 5.91 Å². The smallest absolute Gasteiger partial charge is 0.276 e. The van der Waals surface area contributed by atoms with Gasteiger partial charge in [-0.25, -0.2) is 9.50 Å². The second kappa shape index (κ2) is 9.05. The fourth-order valence-electron chi connectivity index (χ4n) is 4.26. The van der Waals surface area contributed by atoms with Crippen molar-refractivity contribution in [2.45, 2.75) is 63.6 Å². The molecule has 0 aliphatic heterocycles. The van der Waals surface area contributed by atoms with Crippen LogP contribution in [0.15, 0.2) is 36.8 Å². The van der Waals surface area contributed by atoms with E-state index in [1.54, 1.807) is 42.2 Å². The Morgan fingerprint density at radius 3 is 2.33 bits per heavy atom. The Balaban J connectivity index is 1.37. The number of imidazole rings is 1. The molecule has 172 valence electrons. The number of carbonyl (C=O) groups excluding carboxylic acids is 2. The van der Waals surface area contributed by atoms with Crippen molar-refractivity contribution in [3.63, 3.8) is 0 Å². The second-order valence-electron chi connectivity index (χ2n) is 8.82. The van der Waals surface area contributed by atoms with Gasteiger partial charge in [-0.3, -0.25) is 14.6 Å². The van der Waals surface area contributed by atoms with Gasteiger partial charge in [0.05, 0.1) is 11.9 Å². The lowest BCUT2D eigenvalue weighted by atomic mass is 9.91. The first-order chi connectivity index (χ1) is 16.0. The molecular formula is C23H28N8O2. The predicted octanol–water partition coefficient (Wildman–Crippen LogP) is 2.81. The van der Waals surface area contributed by atoms with Crippen LogP contribution in [-0.4, -0.2) is 49.5 Å². The van der Waals surface area contributed by atoms with Crippen molar-refractivity contribution < 1.29 is 9.59 Å². The average molecular weight is 449 g/mol. The average Bonchev–Trinajstić information content (AvgIpc) is 3.51. The quantitative estimate of drug-likeness (QED) is 0.438. The van der Waals surface area contributed by atoms with E-state index < -0.39 is 0 Å². The topological polar surface area (TPSA) is 125 Å². The number of aromatic nitrogens is 4. The number of carbonyl (C=O) groups is 2. The number of nitrogens with one attached hydrogen (secondary N) is 4. The Bertz CT molecular complexity index is 1150. The summed E-state index contributed by atoms with van der Waals surface area (Å²) < 4.78 is 1.60. The summed E-state index contributed by atoms with van der Waals surface area (Å²) in [7, 11) is 0. The minimum atomic E-state index is -0.286. The van der Waals surface area contributed by atoms with E-state index in [2.05, 4.69) is 31.2 Å². The molecule has 10 nitrogen and oxygen atoms in total. The molecule has 0 unspecified atom stereocenters. The van der Waals surface area contributed by atoms with Crippen molar-refractivity contribution in [3.05, 3.63) is 42.5 Å². The van der Waals surface area contributed by atoms with Crippen molar-refractivity contribution in [2.75, 3.05) is 16.0 Å². The van der Waals surface area contributed by atoms with E-state index in [1.165, 1.54) is 0 Å². The van der Waals surface area contributed by atoms with Gasteiger partial charge in [0.1, 0.15) is 5.82 Å². The molecule has 3 heterocycles. The molecule has 33 heavy (non-hydrogen) atoms. The van der Waals surface area contributed by atoms with Crippen LogP contribution in [0.5, 0.6) is 0 Å². The highest BCUT2D eigenvalue weighted by Gasteiger charge is 2.26. The zero-order valence-corrected chi connectivity index (χ0v) is 18.5. The monoisotopic (exact) mass is 448 g/mol. The summed E-state index contributed by atoms with van der Waals surface area (Å²) in [6.07, 6.45) is 10.8. The van der Waals surface area contributed by atoms with E-state index in [9.17, 15) is 9.59 Å². The lowest BCUT2D eigenvalue weighted by molar-refractivity contribution is -0.119. The van der Waals surface area contributed by atoms with Gasteiger partial charge in [0.15, 0.2) is 11.3 Å². The van der Waals surface area contributed by atoms with Gasteiger partial charge in [0.25, 0.3) is 5.91 Å². The Labute approximate surface area is 191 Å². The number of fused-ring (bicyclic) bond motifs is 1. The number of amides is 2. The van der Waals surface area contributed by atoms with Crippen molar-refractivity contribution in [1.82, 2.24) is 24.9 Å². The molecule has 2 fully saturated rings. The highest BCUT2D eigenvalue weighted by molar-refractivity contribution is 6.03. The molecule has 0 radical (unpaired) electrons. The standard InChI is InChI=1S/C23H28N8O2/c1-14(32)26-15-2-6-17(7-3-15)28-21-12-19(27-16-4-5-16)22-25-13-20(31(22)30-21)23(33)29-18-8-10-24-11-9-18/h8-13,15-17,27H,2-7H2,1H3,(H,26,32)(H,28,30)(H,24,29,33). The lowest BCUT2D eigenvalue weighted by Crippen LogP contribution is -2.39. The molecule has 0 atom stereocenters. The molecule has 0 saturated heterocycles. The fourth-order valence-corrected chi connectivity index (χ4v) is 4.26. The number of hydrogen-bond acceptors (Lipinski definition) is 7. The maximum atomic E-state index is 13.0. The molecule has 4 N–H and O–H groups in total. The second-order valence-corrected chi connectivity index (χ2v) is 8.82. The molecule has 10 heteroatoms. The largest absolute Gasteiger partial charge is 0.379 e. The summed E-state index contributed by atoms with van der Waals surface area (Å²) in [5, 5.41) is 17.6. The normalized spacial score (nSPS) is 20.3. The SMILES string of the molecule is CC(=O)NC1CCC(Nc2cc(NC3CC3)c3ncc(C(=O)Nc4ccncc4)n3n2)CC1. The first-order valence-corrected chi connectivity index (χ1v) is 11.5. The Hall–Kier alpha value is -3.69. The van der Waals surface area contributed by atoms with Crippen molar-refractivity contribution in [1.29, 1.82) is 0 Å². The Kier molecular flexibility index (Phi) is 5.80. The first kappa shape index (κ1) is 21.2. The van der Waals surface area contributed by atoms with Crippen LogP contribution in [0.4, 0.5) is 17.2 Å². The molecule has 0 aromatic carbocycles. The number of rotatable bonds is 7. The lowest BCUT2D eigenvalue weighted by Gasteiger charge is -2.29. The Morgan fingerprint density at radius 2 is 1.64 bits per heavy atom. The summed E-state index contributed by atoms with van der Waals surface area (Å²) in [5.74, 6) is 0.433. The van der Waals surface area contributed by atoms with Crippen LogP contribution in [0.3, 0.4) is 0 Å². The van der Waals surface area contributed by atoms with Crippen LogP contribution in [0, 0.1) is 0 Å². The maximum absolute atomic E-state index is 13.0. The summed E-state index contributed by atoms with van der Waals surface area (Å²) in [6.45, 7) is 1.56. The highest BCUT2D eigenvalue weighted by Crippen LogP contribution is 2.30. The molecule has 5 rings (SSSR count). The molecule has 2 saturated carbocycles. The molecule has 2 amide bonds. The molecule has 0 bridgehead atoms. The van der Waals surface area contributed by atoms with E-state index in [0.29, 0.717) is 28.9 Å². The van der Waals surface area contributed by atoms with E-state index in [0.717, 1.165) is 44.2 Å². The molecular weight excluding hydrogens is 420 g/mol. The summed E-state index contributed by atoms with van der Waals surface area (Å²) >= 11 is 0. The van der Waals surface area contributed by atoms with Crippen LogP contribution >= 0.6 is 0 Å². The van der Waals surface area contributed by atoms with E-state index in [4.69, 9.17) is 5.10 Å². The van der Waals surface area contributed by atoms with E-state index >= 15 is 0 Å². The Morgan fingerprint density at radius 1 is 0.970 bits per heavy atom. The molecule has 3 aromatic heterocycles. The van der Waals surface area contributed by atoms with Crippen LogP contribution in [-0.2, 0) is 4.79 Å². The van der Waals surface area contributed by atoms with Gasteiger partial charge < -0.3 is 21.3 Å². The molecule has 3 aromatic rings. The predicted molar refractivity (Wildman–Crippen MR) is 125 cm³/mol. The van der Waals surface area contributed by atoms with Gasteiger partial charge in [-0.2, -0.15) is 0 Å². The zero-order chi connectivity index (χ0) is 22.8. The number of nitrogens with zero attached hydrogens (tertiary/aromatic N) is 4. The number of anilines is 3. The van der Waals surface area contributed by atoms with Gasteiger partial charge in [-0.1, -0.05) is 0 Å². The number of pyridine rings is 1. The summed E-state index contributed by atoms with van der Waals surface area (Å²) in [4.78, 5) is 32.7. The molecule has 2 aliphatic rings. The highest BCUT2D eigenvalue weighted by atomic mass is 16.2. The van der Waals surface area contributed by atoms with Crippen molar-refractivity contribution in [3.8, 4) is 0 Å². The molecule has 0 spiro atoms. The maximum Gasteiger partial charge on any atom is 0.276 e. The van der Waals surface area contributed by atoms with Crippen LogP contribution in [0.1, 0.15) is 55.9 Å². The molecule has 2 aliphatic carbocycles. The van der Waals surface area contributed by atoms with Crippen molar-refractivity contribution in [2.24, 2.45) is 0 Å². The van der Waals surface area contributed by atoms with Gasteiger partial charge in [0, 0.05) is 49.2 Å². The van der Waals surface area contributed by atoms with Crippen LogP contribution < -0.4 is 21.3 Å². The third kappa shape index (κ3) is 5.05.